The number of rotatable bonds is 1. The Morgan fingerprint density at radius 3 is 2.14 bits per heavy atom. The summed E-state index contributed by atoms with van der Waals surface area (Å²) in [5.41, 5.74) is 6.39. The lowest BCUT2D eigenvalue weighted by molar-refractivity contribution is 0.568. The maximum absolute atomic E-state index is 5.11. The second-order valence-electron chi connectivity index (χ2n) is 3.79. The van der Waals surface area contributed by atoms with Gasteiger partial charge in [-0.2, -0.15) is 0 Å². The van der Waals surface area contributed by atoms with Crippen LogP contribution in [0.2, 0.25) is 0 Å². The van der Waals surface area contributed by atoms with Crippen LogP contribution in [0.15, 0.2) is 35.1 Å². The molecule has 0 saturated heterocycles. The summed E-state index contributed by atoms with van der Waals surface area (Å²) >= 11 is 0. The molecule has 0 radical (unpaired) electrons. The molecule has 0 saturated carbocycles. The smallest absolute Gasteiger partial charge is 0.0981 e. The van der Waals surface area contributed by atoms with Crippen molar-refractivity contribution in [2.75, 3.05) is 0 Å². The van der Waals surface area contributed by atoms with Gasteiger partial charge >= 0.3 is 0 Å². The van der Waals surface area contributed by atoms with E-state index >= 15 is 0 Å². The first kappa shape index (κ1) is 9.07. The van der Waals surface area contributed by atoms with E-state index in [0.29, 0.717) is 0 Å². The average molecular weight is 186 g/mol. The summed E-state index contributed by atoms with van der Waals surface area (Å²) in [6, 6.07) is 6.41. The monoisotopic (exact) mass is 186 g/mol. The minimum atomic E-state index is 1.17. The average Bonchev–Trinajstić information content (AvgIpc) is 2.54. The Bertz CT molecular complexity index is 415. The SMILES string of the molecule is Cc1cc(C)c(-c2ccoc2)c(C)c1. The zero-order valence-corrected chi connectivity index (χ0v) is 8.79. The van der Waals surface area contributed by atoms with Crippen LogP contribution in [0.5, 0.6) is 0 Å². The van der Waals surface area contributed by atoms with Crippen molar-refractivity contribution in [3.05, 3.63) is 47.4 Å². The van der Waals surface area contributed by atoms with Crippen molar-refractivity contribution in [1.82, 2.24) is 0 Å². The molecule has 1 heterocycles. The molecule has 0 unspecified atom stereocenters. The predicted octanol–water partition coefficient (Wildman–Crippen LogP) is 3.87. The molecule has 0 aliphatic carbocycles. The van der Waals surface area contributed by atoms with Crippen LogP contribution in [0.3, 0.4) is 0 Å². The summed E-state index contributed by atoms with van der Waals surface area (Å²) in [5.74, 6) is 0. The number of hydrogen-bond acceptors (Lipinski definition) is 1. The lowest BCUT2D eigenvalue weighted by atomic mass is 9.96. The molecule has 72 valence electrons. The van der Waals surface area contributed by atoms with Crippen molar-refractivity contribution >= 4 is 0 Å². The van der Waals surface area contributed by atoms with Gasteiger partial charge in [-0.25, -0.2) is 0 Å². The molecule has 1 aromatic heterocycles. The molecule has 0 atom stereocenters. The highest BCUT2D eigenvalue weighted by molar-refractivity contribution is 5.70. The van der Waals surface area contributed by atoms with Crippen LogP contribution in [0.4, 0.5) is 0 Å². The van der Waals surface area contributed by atoms with Gasteiger partial charge in [0.25, 0.3) is 0 Å². The molecule has 14 heavy (non-hydrogen) atoms. The minimum absolute atomic E-state index is 1.17. The Kier molecular flexibility index (Phi) is 2.16. The molecule has 1 nitrogen and oxygen atoms in total. The third-order valence-electron chi connectivity index (χ3n) is 2.49. The van der Waals surface area contributed by atoms with Gasteiger partial charge in [0.1, 0.15) is 0 Å². The number of aryl methyl sites for hydroxylation is 3. The molecule has 0 amide bonds. The third kappa shape index (κ3) is 1.46. The Labute approximate surface area is 84.4 Å². The zero-order valence-electron chi connectivity index (χ0n) is 8.79. The van der Waals surface area contributed by atoms with Crippen LogP contribution < -0.4 is 0 Å². The summed E-state index contributed by atoms with van der Waals surface area (Å²) in [6.07, 6.45) is 3.51. The van der Waals surface area contributed by atoms with E-state index in [4.69, 9.17) is 4.42 Å². The van der Waals surface area contributed by atoms with Crippen LogP contribution in [0.25, 0.3) is 11.1 Å². The van der Waals surface area contributed by atoms with Gasteiger partial charge in [-0.05, 0) is 43.5 Å². The summed E-state index contributed by atoms with van der Waals surface area (Å²) in [4.78, 5) is 0. The fourth-order valence-electron chi connectivity index (χ4n) is 2.04. The second kappa shape index (κ2) is 3.33. The first-order valence-electron chi connectivity index (χ1n) is 4.79. The third-order valence-corrected chi connectivity index (χ3v) is 2.49. The standard InChI is InChI=1S/C13H14O/c1-9-6-10(2)13(11(3)7-9)12-4-5-14-8-12/h4-8H,1-3H3. The van der Waals surface area contributed by atoms with Gasteiger partial charge in [-0.15, -0.1) is 0 Å². The van der Waals surface area contributed by atoms with Crippen molar-refractivity contribution in [3.63, 3.8) is 0 Å². The highest BCUT2D eigenvalue weighted by atomic mass is 16.3. The fourth-order valence-corrected chi connectivity index (χ4v) is 2.04. The quantitative estimate of drug-likeness (QED) is 0.658. The molecule has 0 aliphatic heterocycles. The van der Waals surface area contributed by atoms with Gasteiger partial charge < -0.3 is 4.42 Å². The van der Waals surface area contributed by atoms with Gasteiger partial charge in [0.15, 0.2) is 0 Å². The molecule has 0 aliphatic rings. The van der Waals surface area contributed by atoms with Gasteiger partial charge in [-0.3, -0.25) is 0 Å². The van der Waals surface area contributed by atoms with E-state index in [1.165, 1.54) is 27.8 Å². The van der Waals surface area contributed by atoms with Crippen LogP contribution in [-0.4, -0.2) is 0 Å². The van der Waals surface area contributed by atoms with Gasteiger partial charge in [-0.1, -0.05) is 17.7 Å². The number of hydrogen-bond donors (Lipinski definition) is 0. The summed E-state index contributed by atoms with van der Waals surface area (Å²) in [7, 11) is 0. The largest absolute Gasteiger partial charge is 0.472 e. The van der Waals surface area contributed by atoms with Gasteiger partial charge in [0, 0.05) is 5.56 Å². The second-order valence-corrected chi connectivity index (χ2v) is 3.79. The molecule has 0 spiro atoms. The highest BCUT2D eigenvalue weighted by Gasteiger charge is 2.06. The number of furan rings is 1. The van der Waals surface area contributed by atoms with Crippen molar-refractivity contribution in [3.8, 4) is 11.1 Å². The van der Waals surface area contributed by atoms with Crippen LogP contribution in [0.1, 0.15) is 16.7 Å². The number of benzene rings is 1. The van der Waals surface area contributed by atoms with Crippen LogP contribution in [0, 0.1) is 20.8 Å². The van der Waals surface area contributed by atoms with E-state index < -0.39 is 0 Å². The van der Waals surface area contributed by atoms with Crippen molar-refractivity contribution in [2.45, 2.75) is 20.8 Å². The van der Waals surface area contributed by atoms with E-state index in [-0.39, 0.29) is 0 Å². The topological polar surface area (TPSA) is 13.1 Å². The molecular formula is C13H14O. The van der Waals surface area contributed by atoms with Crippen molar-refractivity contribution in [2.24, 2.45) is 0 Å². The molecule has 0 bridgehead atoms. The first-order chi connectivity index (χ1) is 6.68. The highest BCUT2D eigenvalue weighted by Crippen LogP contribution is 2.28. The molecule has 0 N–H and O–H groups in total. The van der Waals surface area contributed by atoms with Gasteiger partial charge in [0.05, 0.1) is 12.5 Å². The van der Waals surface area contributed by atoms with E-state index in [9.17, 15) is 0 Å². The van der Waals surface area contributed by atoms with Crippen molar-refractivity contribution < 1.29 is 4.42 Å². The van der Waals surface area contributed by atoms with Crippen LogP contribution >= 0.6 is 0 Å². The lowest BCUT2D eigenvalue weighted by Crippen LogP contribution is -1.88. The molecule has 0 fully saturated rings. The van der Waals surface area contributed by atoms with E-state index in [2.05, 4.69) is 32.9 Å². The van der Waals surface area contributed by atoms with Crippen molar-refractivity contribution in [1.29, 1.82) is 0 Å². The minimum Gasteiger partial charge on any atom is -0.472 e. The molecular weight excluding hydrogens is 172 g/mol. The fraction of sp³-hybridized carbons (Fsp3) is 0.231. The zero-order chi connectivity index (χ0) is 10.1. The first-order valence-corrected chi connectivity index (χ1v) is 4.79. The Hall–Kier alpha value is -1.50. The van der Waals surface area contributed by atoms with E-state index in [1.54, 1.807) is 12.5 Å². The Morgan fingerprint density at radius 2 is 1.64 bits per heavy atom. The predicted molar refractivity (Wildman–Crippen MR) is 58.4 cm³/mol. The Morgan fingerprint density at radius 1 is 1.00 bits per heavy atom. The maximum Gasteiger partial charge on any atom is 0.0981 e. The molecule has 1 heteroatoms. The summed E-state index contributed by atoms with van der Waals surface area (Å²) in [6.45, 7) is 6.41. The summed E-state index contributed by atoms with van der Waals surface area (Å²) in [5, 5.41) is 0. The lowest BCUT2D eigenvalue weighted by Gasteiger charge is -2.08. The van der Waals surface area contributed by atoms with E-state index in [0.717, 1.165) is 0 Å². The van der Waals surface area contributed by atoms with Gasteiger partial charge in [0.2, 0.25) is 0 Å². The van der Waals surface area contributed by atoms with E-state index in [1.807, 2.05) is 6.07 Å². The Balaban J connectivity index is 2.64. The molecule has 1 aromatic carbocycles. The van der Waals surface area contributed by atoms with Crippen LogP contribution in [-0.2, 0) is 0 Å². The maximum atomic E-state index is 5.11. The molecule has 2 aromatic rings. The molecule has 2 rings (SSSR count). The normalized spacial score (nSPS) is 10.5. The summed E-state index contributed by atoms with van der Waals surface area (Å²) < 4.78 is 5.11.